The van der Waals surface area contributed by atoms with E-state index in [1.54, 1.807) is 18.2 Å². The third kappa shape index (κ3) is 3.62. The molecule has 0 spiro atoms. The zero-order valence-corrected chi connectivity index (χ0v) is 13.4. The number of carbonyl (C=O) groups is 2. The molecule has 0 amide bonds. The molecule has 1 N–H and O–H groups in total. The van der Waals surface area contributed by atoms with Gasteiger partial charge in [-0.3, -0.25) is 19.7 Å². The molecular formula is C16H12BrNO5. The van der Waals surface area contributed by atoms with Crippen LogP contribution in [-0.4, -0.2) is 21.8 Å². The van der Waals surface area contributed by atoms with E-state index < -0.39 is 22.6 Å². The van der Waals surface area contributed by atoms with E-state index in [0.29, 0.717) is 5.56 Å². The van der Waals surface area contributed by atoms with Crippen molar-refractivity contribution in [1.82, 2.24) is 0 Å². The molecule has 0 heterocycles. The second-order valence-electron chi connectivity index (χ2n) is 4.78. The van der Waals surface area contributed by atoms with Crippen molar-refractivity contribution >= 4 is 33.4 Å². The third-order valence-corrected chi connectivity index (χ3v) is 3.97. The quantitative estimate of drug-likeness (QED) is 0.273. The molecule has 0 saturated heterocycles. The summed E-state index contributed by atoms with van der Waals surface area (Å²) < 4.78 is 0. The molecule has 0 bridgehead atoms. The number of aliphatic carboxylic acids is 1. The Bertz CT molecular complexity index is 760. The van der Waals surface area contributed by atoms with Crippen LogP contribution < -0.4 is 0 Å². The van der Waals surface area contributed by atoms with Gasteiger partial charge >= 0.3 is 5.97 Å². The van der Waals surface area contributed by atoms with Crippen LogP contribution >= 0.6 is 15.9 Å². The topological polar surface area (TPSA) is 97.5 Å². The van der Waals surface area contributed by atoms with Gasteiger partial charge in [0.25, 0.3) is 5.69 Å². The number of carboxylic acids is 1. The molecule has 118 valence electrons. The van der Waals surface area contributed by atoms with E-state index in [1.807, 2.05) is 0 Å². The lowest BCUT2D eigenvalue weighted by Crippen LogP contribution is -2.23. The SMILES string of the molecule is O=C(O)C(C(=O)c1ccccc1)c1cc([N+](=O)[O-])ccc1CBr. The van der Waals surface area contributed by atoms with E-state index in [9.17, 15) is 24.8 Å². The van der Waals surface area contributed by atoms with Crippen LogP contribution in [0.3, 0.4) is 0 Å². The number of halogens is 1. The minimum absolute atomic E-state index is 0.123. The molecule has 0 radical (unpaired) electrons. The summed E-state index contributed by atoms with van der Waals surface area (Å²) in [6.07, 6.45) is 0. The van der Waals surface area contributed by atoms with E-state index >= 15 is 0 Å². The summed E-state index contributed by atoms with van der Waals surface area (Å²) in [5, 5.41) is 20.7. The van der Waals surface area contributed by atoms with Gasteiger partial charge < -0.3 is 5.11 Å². The smallest absolute Gasteiger partial charge is 0.318 e. The van der Waals surface area contributed by atoms with Crippen molar-refractivity contribution in [3.63, 3.8) is 0 Å². The van der Waals surface area contributed by atoms with Crippen LogP contribution in [0.25, 0.3) is 0 Å². The molecule has 1 unspecified atom stereocenters. The normalized spacial score (nSPS) is 11.7. The first-order chi connectivity index (χ1) is 11.0. The summed E-state index contributed by atoms with van der Waals surface area (Å²) in [7, 11) is 0. The standard InChI is InChI=1S/C16H12BrNO5/c17-9-11-6-7-12(18(22)23)8-13(11)14(16(20)21)15(19)10-4-2-1-3-5-10/h1-8,14H,9H2,(H,20,21). The number of rotatable bonds is 6. The molecule has 2 rings (SSSR count). The van der Waals surface area contributed by atoms with Gasteiger partial charge in [0.1, 0.15) is 5.92 Å². The van der Waals surface area contributed by atoms with E-state index in [1.165, 1.54) is 24.3 Å². The lowest BCUT2D eigenvalue weighted by molar-refractivity contribution is -0.384. The second kappa shape index (κ2) is 7.15. The largest absolute Gasteiger partial charge is 0.480 e. The first kappa shape index (κ1) is 16.8. The van der Waals surface area contributed by atoms with E-state index in [2.05, 4.69) is 15.9 Å². The maximum atomic E-state index is 12.6. The molecule has 23 heavy (non-hydrogen) atoms. The number of hydrogen-bond acceptors (Lipinski definition) is 4. The van der Waals surface area contributed by atoms with Gasteiger partial charge in [0.05, 0.1) is 4.92 Å². The van der Waals surface area contributed by atoms with Crippen LogP contribution in [0.15, 0.2) is 48.5 Å². The number of nitrogens with zero attached hydrogens (tertiary/aromatic N) is 1. The van der Waals surface area contributed by atoms with Crippen LogP contribution in [0.1, 0.15) is 27.4 Å². The summed E-state index contributed by atoms with van der Waals surface area (Å²) in [5.41, 5.74) is 0.633. The molecule has 2 aromatic carbocycles. The van der Waals surface area contributed by atoms with Gasteiger partial charge in [-0.2, -0.15) is 0 Å². The minimum Gasteiger partial charge on any atom is -0.480 e. The molecular weight excluding hydrogens is 366 g/mol. The highest BCUT2D eigenvalue weighted by Gasteiger charge is 2.32. The lowest BCUT2D eigenvalue weighted by atomic mass is 9.88. The zero-order chi connectivity index (χ0) is 17.0. The summed E-state index contributed by atoms with van der Waals surface area (Å²) in [6.45, 7) is 0. The Morgan fingerprint density at radius 1 is 1.17 bits per heavy atom. The molecule has 0 aromatic heterocycles. The molecule has 1 atom stereocenters. The maximum Gasteiger partial charge on any atom is 0.318 e. The van der Waals surface area contributed by atoms with Gasteiger partial charge in [-0.05, 0) is 11.1 Å². The van der Waals surface area contributed by atoms with Crippen LogP contribution in [0.4, 0.5) is 5.69 Å². The summed E-state index contributed by atoms with van der Waals surface area (Å²) >= 11 is 3.22. The van der Waals surface area contributed by atoms with Gasteiger partial charge in [0.15, 0.2) is 5.78 Å². The number of benzene rings is 2. The Morgan fingerprint density at radius 2 is 1.83 bits per heavy atom. The Hall–Kier alpha value is -2.54. The molecule has 0 aliphatic heterocycles. The first-order valence-corrected chi connectivity index (χ1v) is 7.73. The fourth-order valence-corrected chi connectivity index (χ4v) is 2.75. The predicted molar refractivity (Wildman–Crippen MR) is 86.9 cm³/mol. The van der Waals surface area contributed by atoms with Gasteiger partial charge in [-0.15, -0.1) is 0 Å². The Balaban J connectivity index is 2.58. The van der Waals surface area contributed by atoms with Gasteiger partial charge in [-0.25, -0.2) is 0 Å². The van der Waals surface area contributed by atoms with Crippen molar-refractivity contribution < 1.29 is 19.6 Å². The Kier molecular flexibility index (Phi) is 5.23. The highest BCUT2D eigenvalue weighted by atomic mass is 79.9. The fourth-order valence-electron chi connectivity index (χ4n) is 2.24. The van der Waals surface area contributed by atoms with E-state index in [-0.39, 0.29) is 22.1 Å². The van der Waals surface area contributed by atoms with Crippen molar-refractivity contribution in [1.29, 1.82) is 0 Å². The summed E-state index contributed by atoms with van der Waals surface area (Å²) in [6, 6.07) is 11.9. The number of ketones is 1. The lowest BCUT2D eigenvalue weighted by Gasteiger charge is -2.15. The van der Waals surface area contributed by atoms with Gasteiger partial charge in [0, 0.05) is 23.0 Å². The van der Waals surface area contributed by atoms with Crippen molar-refractivity contribution in [2.45, 2.75) is 11.2 Å². The van der Waals surface area contributed by atoms with Crippen molar-refractivity contribution in [3.05, 3.63) is 75.3 Å². The number of non-ortho nitro benzene ring substituents is 1. The zero-order valence-electron chi connectivity index (χ0n) is 11.8. The average molecular weight is 378 g/mol. The predicted octanol–water partition coefficient (Wildman–Crippen LogP) is 3.54. The highest BCUT2D eigenvalue weighted by molar-refractivity contribution is 9.08. The van der Waals surface area contributed by atoms with Crippen molar-refractivity contribution in [2.24, 2.45) is 0 Å². The molecule has 7 heteroatoms. The molecule has 0 aliphatic rings. The number of carbonyl (C=O) groups excluding carboxylic acids is 1. The summed E-state index contributed by atoms with van der Waals surface area (Å²) in [4.78, 5) is 34.6. The number of carboxylic acid groups (broad SMARTS) is 1. The minimum atomic E-state index is -1.50. The number of alkyl halides is 1. The van der Waals surface area contributed by atoms with Gasteiger partial charge in [-0.1, -0.05) is 52.3 Å². The highest BCUT2D eigenvalue weighted by Crippen LogP contribution is 2.29. The van der Waals surface area contributed by atoms with Crippen LogP contribution in [-0.2, 0) is 10.1 Å². The van der Waals surface area contributed by atoms with Crippen molar-refractivity contribution in [2.75, 3.05) is 0 Å². The van der Waals surface area contributed by atoms with E-state index in [4.69, 9.17) is 0 Å². The Labute approximate surface area is 140 Å². The summed E-state index contributed by atoms with van der Waals surface area (Å²) in [5.74, 6) is -3.45. The second-order valence-corrected chi connectivity index (χ2v) is 5.34. The van der Waals surface area contributed by atoms with Gasteiger partial charge in [0.2, 0.25) is 0 Å². The molecule has 2 aromatic rings. The number of Topliss-reactive ketones (excluding diaryl/α,β-unsaturated/α-hetero) is 1. The number of hydrogen-bond donors (Lipinski definition) is 1. The number of nitro benzene ring substituents is 1. The average Bonchev–Trinajstić information content (AvgIpc) is 2.55. The molecule has 6 nitrogen and oxygen atoms in total. The Morgan fingerprint density at radius 3 is 2.35 bits per heavy atom. The third-order valence-electron chi connectivity index (χ3n) is 3.36. The monoisotopic (exact) mass is 377 g/mol. The molecule has 0 fully saturated rings. The van der Waals surface area contributed by atoms with Crippen LogP contribution in [0, 0.1) is 10.1 Å². The molecule has 0 aliphatic carbocycles. The fraction of sp³-hybridized carbons (Fsp3) is 0.125. The number of nitro groups is 1. The molecule has 0 saturated carbocycles. The van der Waals surface area contributed by atoms with E-state index in [0.717, 1.165) is 6.07 Å². The van der Waals surface area contributed by atoms with Crippen LogP contribution in [0.5, 0.6) is 0 Å². The van der Waals surface area contributed by atoms with Crippen LogP contribution in [0.2, 0.25) is 0 Å². The maximum absolute atomic E-state index is 12.6. The first-order valence-electron chi connectivity index (χ1n) is 6.61. The van der Waals surface area contributed by atoms with Crippen molar-refractivity contribution in [3.8, 4) is 0 Å².